The predicted octanol–water partition coefficient (Wildman–Crippen LogP) is 0.973. The molecule has 1 fully saturated rings. The number of alkyl carbamates (subject to hydrolysis) is 1. The second-order valence-corrected chi connectivity index (χ2v) is 4.29. The molecule has 92 valence electrons. The number of hydrogen-bond acceptors (Lipinski definition) is 4. The number of hydrogen-bond donors (Lipinski definition) is 1. The van der Waals surface area contributed by atoms with Crippen LogP contribution in [-0.4, -0.2) is 38.2 Å². The third-order valence-electron chi connectivity index (χ3n) is 2.77. The minimum Gasteiger partial charge on any atom is -0.453 e. The second kappa shape index (κ2) is 5.84. The van der Waals surface area contributed by atoms with E-state index in [1.54, 1.807) is 0 Å². The third-order valence-corrected chi connectivity index (χ3v) is 2.77. The molecule has 0 aromatic heterocycles. The number of Topliss-reactive ketones (excluding diaryl/α,β-unsaturated/α-hetero) is 1. The van der Waals surface area contributed by atoms with Gasteiger partial charge >= 0.3 is 6.09 Å². The predicted molar refractivity (Wildman–Crippen MR) is 58.1 cm³/mol. The molecule has 5 nitrogen and oxygen atoms in total. The van der Waals surface area contributed by atoms with Crippen molar-refractivity contribution in [3.63, 3.8) is 0 Å². The zero-order chi connectivity index (χ0) is 12.1. The topological polar surface area (TPSA) is 64.6 Å². The van der Waals surface area contributed by atoms with Gasteiger partial charge < -0.3 is 14.8 Å². The van der Waals surface area contributed by atoms with Gasteiger partial charge in [0.15, 0.2) is 5.78 Å². The van der Waals surface area contributed by atoms with Crippen LogP contribution < -0.4 is 5.32 Å². The average molecular weight is 229 g/mol. The van der Waals surface area contributed by atoms with Gasteiger partial charge in [-0.05, 0) is 6.42 Å². The van der Waals surface area contributed by atoms with Crippen molar-refractivity contribution in [3.8, 4) is 0 Å². The van der Waals surface area contributed by atoms with Gasteiger partial charge in [-0.25, -0.2) is 4.79 Å². The highest BCUT2D eigenvalue weighted by molar-refractivity contribution is 5.89. The summed E-state index contributed by atoms with van der Waals surface area (Å²) in [5.74, 6) is -0.0161. The van der Waals surface area contributed by atoms with Crippen molar-refractivity contribution in [2.45, 2.75) is 26.3 Å². The molecule has 0 spiro atoms. The maximum absolute atomic E-state index is 12.0. The minimum atomic E-state index is -0.564. The van der Waals surface area contributed by atoms with E-state index in [4.69, 9.17) is 4.74 Å². The SMILES string of the molecule is COC(=O)NC(C(=O)C(C)C)C1CCOC1. The number of carbonyl (C=O) groups excluding carboxylic acids is 2. The molecule has 0 bridgehead atoms. The van der Waals surface area contributed by atoms with Crippen LogP contribution in [0.3, 0.4) is 0 Å². The Morgan fingerprint density at radius 1 is 1.44 bits per heavy atom. The van der Waals surface area contributed by atoms with Crippen LogP contribution in [0.5, 0.6) is 0 Å². The molecule has 1 aliphatic rings. The molecule has 0 radical (unpaired) electrons. The summed E-state index contributed by atoms with van der Waals surface area (Å²) >= 11 is 0. The van der Waals surface area contributed by atoms with E-state index in [0.29, 0.717) is 13.2 Å². The highest BCUT2D eigenvalue weighted by Gasteiger charge is 2.33. The Morgan fingerprint density at radius 3 is 2.56 bits per heavy atom. The van der Waals surface area contributed by atoms with E-state index in [1.165, 1.54) is 7.11 Å². The molecule has 5 heteroatoms. The smallest absolute Gasteiger partial charge is 0.407 e. The van der Waals surface area contributed by atoms with E-state index < -0.39 is 12.1 Å². The highest BCUT2D eigenvalue weighted by Crippen LogP contribution is 2.19. The van der Waals surface area contributed by atoms with E-state index >= 15 is 0 Å². The summed E-state index contributed by atoms with van der Waals surface area (Å²) in [7, 11) is 1.29. The Bertz CT molecular complexity index is 259. The van der Waals surface area contributed by atoms with E-state index in [2.05, 4.69) is 10.1 Å². The molecule has 2 unspecified atom stereocenters. The maximum atomic E-state index is 12.0. The van der Waals surface area contributed by atoms with Crippen molar-refractivity contribution >= 4 is 11.9 Å². The lowest BCUT2D eigenvalue weighted by atomic mass is 9.90. The number of carbonyl (C=O) groups is 2. The molecule has 16 heavy (non-hydrogen) atoms. The third kappa shape index (κ3) is 3.20. The normalized spacial score (nSPS) is 21.9. The molecular formula is C11H19NO4. The lowest BCUT2D eigenvalue weighted by Crippen LogP contribution is -2.47. The van der Waals surface area contributed by atoms with Crippen LogP contribution in [-0.2, 0) is 14.3 Å². The molecule has 0 aliphatic carbocycles. The van der Waals surface area contributed by atoms with Gasteiger partial charge in [0, 0.05) is 18.4 Å². The lowest BCUT2D eigenvalue weighted by Gasteiger charge is -2.23. The molecule has 0 aromatic carbocycles. The molecule has 2 atom stereocenters. The largest absolute Gasteiger partial charge is 0.453 e. The number of methoxy groups -OCH3 is 1. The maximum Gasteiger partial charge on any atom is 0.407 e. The van der Waals surface area contributed by atoms with Gasteiger partial charge in [0.2, 0.25) is 0 Å². The first-order valence-corrected chi connectivity index (χ1v) is 5.52. The van der Waals surface area contributed by atoms with E-state index in [-0.39, 0.29) is 17.6 Å². The Kier molecular flexibility index (Phi) is 4.73. The Balaban J connectivity index is 2.67. The molecule has 1 amide bonds. The average Bonchev–Trinajstić information content (AvgIpc) is 2.77. The van der Waals surface area contributed by atoms with E-state index in [0.717, 1.165) is 6.42 Å². The van der Waals surface area contributed by atoms with Crippen LogP contribution in [0.2, 0.25) is 0 Å². The fraction of sp³-hybridized carbons (Fsp3) is 0.818. The summed E-state index contributed by atoms with van der Waals surface area (Å²) in [6, 6.07) is -0.491. The molecule has 1 heterocycles. The lowest BCUT2D eigenvalue weighted by molar-refractivity contribution is -0.125. The summed E-state index contributed by atoms with van der Waals surface area (Å²) in [4.78, 5) is 23.1. The standard InChI is InChI=1S/C11H19NO4/c1-7(2)10(13)9(12-11(14)15-3)8-4-5-16-6-8/h7-9H,4-6H2,1-3H3,(H,12,14). The minimum absolute atomic E-state index is 0.0286. The van der Waals surface area contributed by atoms with E-state index in [1.807, 2.05) is 13.8 Å². The Hall–Kier alpha value is -1.10. The summed E-state index contributed by atoms with van der Waals surface area (Å²) in [5.41, 5.74) is 0. The van der Waals surface area contributed by atoms with Gasteiger partial charge in [0.05, 0.1) is 19.8 Å². The number of ether oxygens (including phenoxy) is 2. The monoisotopic (exact) mass is 229 g/mol. The zero-order valence-electron chi connectivity index (χ0n) is 9.99. The first-order valence-electron chi connectivity index (χ1n) is 5.52. The van der Waals surface area contributed by atoms with Crippen LogP contribution in [0.15, 0.2) is 0 Å². The van der Waals surface area contributed by atoms with Gasteiger partial charge in [-0.2, -0.15) is 0 Å². The van der Waals surface area contributed by atoms with Crippen molar-refractivity contribution < 1.29 is 19.1 Å². The quantitative estimate of drug-likeness (QED) is 0.780. The zero-order valence-corrected chi connectivity index (χ0v) is 9.99. The van der Waals surface area contributed by atoms with Crippen molar-refractivity contribution in [3.05, 3.63) is 0 Å². The van der Waals surface area contributed by atoms with Crippen LogP contribution in [0.4, 0.5) is 4.79 Å². The number of ketones is 1. The van der Waals surface area contributed by atoms with Crippen molar-refractivity contribution in [2.75, 3.05) is 20.3 Å². The first kappa shape index (κ1) is 13.0. The fourth-order valence-electron chi connectivity index (χ4n) is 1.78. The van der Waals surface area contributed by atoms with Gasteiger partial charge in [-0.15, -0.1) is 0 Å². The summed E-state index contributed by atoms with van der Waals surface area (Å²) < 4.78 is 9.77. The highest BCUT2D eigenvalue weighted by atomic mass is 16.5. The van der Waals surface area contributed by atoms with E-state index in [9.17, 15) is 9.59 Å². The second-order valence-electron chi connectivity index (χ2n) is 4.29. The van der Waals surface area contributed by atoms with Crippen molar-refractivity contribution in [1.82, 2.24) is 5.32 Å². The molecule has 1 aliphatic heterocycles. The summed E-state index contributed by atoms with van der Waals surface area (Å²) in [6.45, 7) is 4.82. The van der Waals surface area contributed by atoms with Crippen LogP contribution in [0.1, 0.15) is 20.3 Å². The van der Waals surface area contributed by atoms with Gasteiger partial charge in [-0.3, -0.25) is 4.79 Å². The van der Waals surface area contributed by atoms with Crippen LogP contribution in [0.25, 0.3) is 0 Å². The van der Waals surface area contributed by atoms with Gasteiger partial charge in [0.25, 0.3) is 0 Å². The van der Waals surface area contributed by atoms with Crippen molar-refractivity contribution in [2.24, 2.45) is 11.8 Å². The molecule has 1 N–H and O–H groups in total. The fourth-order valence-corrected chi connectivity index (χ4v) is 1.78. The van der Waals surface area contributed by atoms with Crippen LogP contribution >= 0.6 is 0 Å². The molecule has 1 rings (SSSR count). The molecular weight excluding hydrogens is 210 g/mol. The van der Waals surface area contributed by atoms with Gasteiger partial charge in [0.1, 0.15) is 0 Å². The molecule has 0 saturated carbocycles. The Morgan fingerprint density at radius 2 is 2.12 bits per heavy atom. The molecule has 1 saturated heterocycles. The first-order chi connectivity index (χ1) is 7.56. The number of nitrogens with one attached hydrogen (secondary N) is 1. The summed E-state index contributed by atoms with van der Waals surface area (Å²) in [6.07, 6.45) is 0.235. The number of rotatable bonds is 4. The Labute approximate surface area is 95.5 Å². The van der Waals surface area contributed by atoms with Crippen molar-refractivity contribution in [1.29, 1.82) is 0 Å². The van der Waals surface area contributed by atoms with Crippen LogP contribution in [0, 0.1) is 11.8 Å². The van der Waals surface area contributed by atoms with Gasteiger partial charge in [-0.1, -0.05) is 13.8 Å². The molecule has 0 aromatic rings. The summed E-state index contributed by atoms with van der Waals surface area (Å²) in [5, 5.41) is 2.60. The number of amides is 1.